The molecule has 7 nitrogen and oxygen atoms in total. The summed E-state index contributed by atoms with van der Waals surface area (Å²) in [6, 6.07) is 4.55. The number of rotatable bonds is 5. The summed E-state index contributed by atoms with van der Waals surface area (Å²) in [6.07, 6.45) is 0.570. The molecule has 0 amide bonds. The zero-order valence-corrected chi connectivity index (χ0v) is 10.4. The van der Waals surface area contributed by atoms with Gasteiger partial charge in [-0.1, -0.05) is 5.16 Å². The Morgan fingerprint density at radius 3 is 2.89 bits per heavy atom. The summed E-state index contributed by atoms with van der Waals surface area (Å²) >= 11 is 0. The molecule has 2 aromatic rings. The van der Waals surface area contributed by atoms with Gasteiger partial charge in [-0.3, -0.25) is 0 Å². The van der Waals surface area contributed by atoms with Crippen molar-refractivity contribution in [1.29, 1.82) is 0 Å². The Hall–Kier alpha value is -2.57. The molecule has 0 spiro atoms. The molecule has 0 saturated heterocycles. The number of aromatic nitrogens is 2. The van der Waals surface area contributed by atoms with Gasteiger partial charge in [0.2, 0.25) is 5.89 Å². The molecule has 0 fully saturated rings. The monoisotopic (exact) mass is 262 g/mol. The minimum Gasteiger partial charge on any atom is -0.478 e. The molecule has 2 rings (SSSR count). The molecular formula is C12H14N4O3. The SMILES string of the molecule is Cc1noc(CCNc2ccc(C(=O)O)cc2N)n1. The lowest BCUT2D eigenvalue weighted by atomic mass is 10.1. The maximum Gasteiger partial charge on any atom is 0.335 e. The second-order valence-electron chi connectivity index (χ2n) is 4.02. The van der Waals surface area contributed by atoms with Crippen LogP contribution in [-0.2, 0) is 6.42 Å². The van der Waals surface area contributed by atoms with Gasteiger partial charge in [-0.25, -0.2) is 4.79 Å². The first kappa shape index (κ1) is 12.9. The Bertz CT molecular complexity index is 594. The first-order valence-corrected chi connectivity index (χ1v) is 5.72. The number of nitrogen functional groups attached to an aromatic ring is 1. The largest absolute Gasteiger partial charge is 0.478 e. The topological polar surface area (TPSA) is 114 Å². The van der Waals surface area contributed by atoms with Gasteiger partial charge in [0.25, 0.3) is 0 Å². The molecule has 0 saturated carbocycles. The van der Waals surface area contributed by atoms with Crippen molar-refractivity contribution >= 4 is 17.3 Å². The van der Waals surface area contributed by atoms with Crippen molar-refractivity contribution < 1.29 is 14.4 Å². The van der Waals surface area contributed by atoms with E-state index in [9.17, 15) is 4.79 Å². The summed E-state index contributed by atoms with van der Waals surface area (Å²) in [7, 11) is 0. The second kappa shape index (κ2) is 5.38. The Kier molecular flexibility index (Phi) is 3.65. The van der Waals surface area contributed by atoms with Gasteiger partial charge in [0.1, 0.15) is 0 Å². The first-order chi connectivity index (χ1) is 9.06. The number of aromatic carboxylic acids is 1. The average molecular weight is 262 g/mol. The minimum atomic E-state index is -1.00. The molecule has 19 heavy (non-hydrogen) atoms. The Balaban J connectivity index is 1.94. The van der Waals surface area contributed by atoms with E-state index in [0.717, 1.165) is 0 Å². The van der Waals surface area contributed by atoms with Gasteiger partial charge in [0.15, 0.2) is 5.82 Å². The Morgan fingerprint density at radius 2 is 2.32 bits per heavy atom. The number of anilines is 2. The van der Waals surface area contributed by atoms with E-state index in [1.54, 1.807) is 13.0 Å². The molecule has 4 N–H and O–H groups in total. The van der Waals surface area contributed by atoms with Crippen molar-refractivity contribution in [2.75, 3.05) is 17.6 Å². The molecule has 0 bridgehead atoms. The number of carboxylic acids is 1. The number of hydrogen-bond acceptors (Lipinski definition) is 6. The zero-order chi connectivity index (χ0) is 13.8. The Labute approximate surface area is 109 Å². The lowest BCUT2D eigenvalue weighted by Gasteiger charge is -2.08. The fourth-order valence-electron chi connectivity index (χ4n) is 1.60. The van der Waals surface area contributed by atoms with E-state index in [1.807, 2.05) is 0 Å². The van der Waals surface area contributed by atoms with Gasteiger partial charge < -0.3 is 20.7 Å². The summed E-state index contributed by atoms with van der Waals surface area (Å²) in [5.74, 6) is 0.144. The van der Waals surface area contributed by atoms with Gasteiger partial charge in [0, 0.05) is 13.0 Å². The lowest BCUT2D eigenvalue weighted by Crippen LogP contribution is -2.08. The van der Waals surface area contributed by atoms with Crippen LogP contribution in [0.5, 0.6) is 0 Å². The van der Waals surface area contributed by atoms with E-state index in [1.165, 1.54) is 12.1 Å². The number of benzene rings is 1. The van der Waals surface area contributed by atoms with Crippen molar-refractivity contribution in [3.05, 3.63) is 35.5 Å². The fraction of sp³-hybridized carbons (Fsp3) is 0.250. The first-order valence-electron chi connectivity index (χ1n) is 5.72. The van der Waals surface area contributed by atoms with Crippen molar-refractivity contribution in [2.24, 2.45) is 0 Å². The van der Waals surface area contributed by atoms with Crippen molar-refractivity contribution in [3.63, 3.8) is 0 Å². The molecule has 0 radical (unpaired) electrons. The highest BCUT2D eigenvalue weighted by atomic mass is 16.5. The number of carbonyl (C=O) groups is 1. The van der Waals surface area contributed by atoms with Crippen molar-refractivity contribution in [2.45, 2.75) is 13.3 Å². The number of carboxylic acid groups (broad SMARTS) is 1. The van der Waals surface area contributed by atoms with Crippen LogP contribution in [0.2, 0.25) is 0 Å². The van der Waals surface area contributed by atoms with Crippen molar-refractivity contribution in [3.8, 4) is 0 Å². The van der Waals surface area contributed by atoms with E-state index in [0.29, 0.717) is 36.1 Å². The molecule has 100 valence electrons. The van der Waals surface area contributed by atoms with E-state index in [-0.39, 0.29) is 5.56 Å². The van der Waals surface area contributed by atoms with E-state index in [2.05, 4.69) is 15.5 Å². The summed E-state index contributed by atoms with van der Waals surface area (Å²) in [5.41, 5.74) is 7.00. The summed E-state index contributed by atoms with van der Waals surface area (Å²) in [5, 5.41) is 15.6. The third-order valence-electron chi connectivity index (χ3n) is 2.52. The predicted octanol–water partition coefficient (Wildman–Crippen LogP) is 1.31. The van der Waals surface area contributed by atoms with Gasteiger partial charge in [-0.2, -0.15) is 4.98 Å². The molecule has 0 unspecified atom stereocenters. The molecule has 7 heteroatoms. The number of hydrogen-bond donors (Lipinski definition) is 3. The zero-order valence-electron chi connectivity index (χ0n) is 10.4. The molecule has 1 heterocycles. The maximum absolute atomic E-state index is 10.8. The average Bonchev–Trinajstić information content (AvgIpc) is 2.77. The van der Waals surface area contributed by atoms with Crippen LogP contribution < -0.4 is 11.1 Å². The molecular weight excluding hydrogens is 248 g/mol. The third kappa shape index (κ3) is 3.21. The fourth-order valence-corrected chi connectivity index (χ4v) is 1.60. The number of nitrogens with zero attached hydrogens (tertiary/aromatic N) is 2. The number of aryl methyl sites for hydroxylation is 1. The van der Waals surface area contributed by atoms with E-state index in [4.69, 9.17) is 15.4 Å². The maximum atomic E-state index is 10.8. The van der Waals surface area contributed by atoms with Crippen LogP contribution in [0.4, 0.5) is 11.4 Å². The van der Waals surface area contributed by atoms with Crippen LogP contribution in [0.25, 0.3) is 0 Å². The van der Waals surface area contributed by atoms with Crippen LogP contribution in [0.3, 0.4) is 0 Å². The third-order valence-corrected chi connectivity index (χ3v) is 2.52. The lowest BCUT2D eigenvalue weighted by molar-refractivity contribution is 0.0697. The summed E-state index contributed by atoms with van der Waals surface area (Å²) in [4.78, 5) is 14.8. The van der Waals surface area contributed by atoms with Gasteiger partial charge in [0.05, 0.1) is 16.9 Å². The van der Waals surface area contributed by atoms with Crippen LogP contribution in [-0.4, -0.2) is 27.8 Å². The highest BCUT2D eigenvalue weighted by Gasteiger charge is 2.07. The summed E-state index contributed by atoms with van der Waals surface area (Å²) in [6.45, 7) is 2.32. The van der Waals surface area contributed by atoms with Crippen LogP contribution >= 0.6 is 0 Å². The molecule has 0 aliphatic heterocycles. The normalized spacial score (nSPS) is 10.4. The van der Waals surface area contributed by atoms with Crippen LogP contribution in [0.1, 0.15) is 22.1 Å². The second-order valence-corrected chi connectivity index (χ2v) is 4.02. The van der Waals surface area contributed by atoms with Crippen LogP contribution in [0.15, 0.2) is 22.7 Å². The van der Waals surface area contributed by atoms with Crippen molar-refractivity contribution in [1.82, 2.24) is 10.1 Å². The van der Waals surface area contributed by atoms with E-state index < -0.39 is 5.97 Å². The minimum absolute atomic E-state index is 0.163. The van der Waals surface area contributed by atoms with Crippen LogP contribution in [0, 0.1) is 6.92 Å². The molecule has 0 atom stereocenters. The van der Waals surface area contributed by atoms with E-state index >= 15 is 0 Å². The predicted molar refractivity (Wildman–Crippen MR) is 69.0 cm³/mol. The van der Waals surface area contributed by atoms with Gasteiger partial charge in [-0.15, -0.1) is 0 Å². The Morgan fingerprint density at radius 1 is 1.53 bits per heavy atom. The molecule has 1 aromatic carbocycles. The molecule has 0 aliphatic carbocycles. The quantitative estimate of drug-likeness (QED) is 0.696. The smallest absolute Gasteiger partial charge is 0.335 e. The van der Waals surface area contributed by atoms with Gasteiger partial charge >= 0.3 is 5.97 Å². The number of nitrogens with two attached hydrogens (primary N) is 1. The summed E-state index contributed by atoms with van der Waals surface area (Å²) < 4.78 is 4.97. The van der Waals surface area contributed by atoms with Gasteiger partial charge in [-0.05, 0) is 25.1 Å². The molecule has 1 aromatic heterocycles. The standard InChI is InChI=1S/C12H14N4O3/c1-7-15-11(19-16-7)4-5-14-10-3-2-8(12(17)18)6-9(10)13/h2-3,6,14H,4-5,13H2,1H3,(H,17,18). The molecule has 0 aliphatic rings. The highest BCUT2D eigenvalue weighted by molar-refractivity contribution is 5.90. The number of nitrogens with one attached hydrogen (secondary N) is 1. The highest BCUT2D eigenvalue weighted by Crippen LogP contribution is 2.19.